The van der Waals surface area contributed by atoms with E-state index in [4.69, 9.17) is 0 Å². The van der Waals surface area contributed by atoms with Crippen molar-refractivity contribution >= 4 is 0 Å². The van der Waals surface area contributed by atoms with Crippen LogP contribution in [0.1, 0.15) is 40.0 Å². The summed E-state index contributed by atoms with van der Waals surface area (Å²) in [6, 6.07) is 0. The van der Waals surface area contributed by atoms with Gasteiger partial charge in [-0.1, -0.05) is 20.8 Å². The summed E-state index contributed by atoms with van der Waals surface area (Å²) >= 11 is 0. The van der Waals surface area contributed by atoms with Gasteiger partial charge >= 0.3 is 0 Å². The fraction of sp³-hybridized carbons (Fsp3) is 1.00. The van der Waals surface area contributed by atoms with Gasteiger partial charge in [0.2, 0.25) is 0 Å². The summed E-state index contributed by atoms with van der Waals surface area (Å²) in [5.74, 6) is 0.518. The Hall–Kier alpha value is -0.0400. The fourth-order valence-electron chi connectivity index (χ4n) is 1.94. The van der Waals surface area contributed by atoms with Crippen LogP contribution < -0.4 is 0 Å². The highest BCUT2D eigenvalue weighted by atomic mass is 16.3. The molecule has 2 unspecified atom stereocenters. The van der Waals surface area contributed by atoms with Crippen LogP contribution in [0.3, 0.4) is 0 Å². The molecule has 0 spiro atoms. The lowest BCUT2D eigenvalue weighted by atomic mass is 9.83. The lowest BCUT2D eigenvalue weighted by Crippen LogP contribution is -2.28. The topological polar surface area (TPSA) is 20.2 Å². The Morgan fingerprint density at radius 3 is 2.40 bits per heavy atom. The van der Waals surface area contributed by atoms with Gasteiger partial charge in [0.15, 0.2) is 0 Å². The minimum Gasteiger partial charge on any atom is -0.392 e. The molecule has 0 aliphatic heterocycles. The van der Waals surface area contributed by atoms with Gasteiger partial charge in [0, 0.05) is 0 Å². The van der Waals surface area contributed by atoms with E-state index < -0.39 is 0 Å². The molecule has 0 bridgehead atoms. The molecule has 1 aliphatic carbocycles. The van der Waals surface area contributed by atoms with E-state index >= 15 is 0 Å². The molecule has 60 valence electrons. The van der Waals surface area contributed by atoms with Crippen LogP contribution in [0.4, 0.5) is 0 Å². The van der Waals surface area contributed by atoms with Crippen LogP contribution in [0.5, 0.6) is 0 Å². The summed E-state index contributed by atoms with van der Waals surface area (Å²) in [6.07, 6.45) is 3.45. The summed E-state index contributed by atoms with van der Waals surface area (Å²) in [5.41, 5.74) is 0.222. The van der Waals surface area contributed by atoms with E-state index in [1.807, 2.05) is 0 Å². The van der Waals surface area contributed by atoms with Crippen LogP contribution >= 0.6 is 0 Å². The van der Waals surface area contributed by atoms with Gasteiger partial charge in [-0.3, -0.25) is 0 Å². The largest absolute Gasteiger partial charge is 0.392 e. The molecule has 0 aromatic heterocycles. The zero-order valence-corrected chi connectivity index (χ0v) is 7.22. The first-order valence-corrected chi connectivity index (χ1v) is 4.28. The van der Waals surface area contributed by atoms with Crippen LogP contribution in [-0.2, 0) is 0 Å². The van der Waals surface area contributed by atoms with Crippen LogP contribution in [0.25, 0.3) is 0 Å². The molecule has 0 aromatic rings. The number of hydrogen-bond acceptors (Lipinski definition) is 1. The third kappa shape index (κ3) is 1.07. The van der Waals surface area contributed by atoms with Gasteiger partial charge in [-0.2, -0.15) is 0 Å². The SMILES string of the molecule is CCC1(C)CCC(C)[C@@H]1O. The van der Waals surface area contributed by atoms with Crippen molar-refractivity contribution in [2.45, 2.75) is 46.1 Å². The number of aliphatic hydroxyl groups is 1. The van der Waals surface area contributed by atoms with E-state index in [1.54, 1.807) is 0 Å². The highest BCUT2D eigenvalue weighted by Gasteiger charge is 2.40. The maximum Gasteiger partial charge on any atom is 0.0619 e. The van der Waals surface area contributed by atoms with Gasteiger partial charge in [-0.05, 0) is 30.6 Å². The van der Waals surface area contributed by atoms with Crippen LogP contribution in [0.2, 0.25) is 0 Å². The zero-order valence-electron chi connectivity index (χ0n) is 7.22. The highest BCUT2D eigenvalue weighted by Crippen LogP contribution is 2.43. The molecule has 1 fully saturated rings. The minimum absolute atomic E-state index is 0.0579. The van der Waals surface area contributed by atoms with Crippen molar-refractivity contribution in [1.82, 2.24) is 0 Å². The third-order valence-corrected chi connectivity index (χ3v) is 3.23. The average Bonchev–Trinajstić information content (AvgIpc) is 2.19. The monoisotopic (exact) mass is 142 g/mol. The van der Waals surface area contributed by atoms with E-state index in [2.05, 4.69) is 20.8 Å². The van der Waals surface area contributed by atoms with Gasteiger partial charge < -0.3 is 5.11 Å². The van der Waals surface area contributed by atoms with Crippen molar-refractivity contribution in [3.63, 3.8) is 0 Å². The maximum atomic E-state index is 9.72. The second kappa shape index (κ2) is 2.54. The van der Waals surface area contributed by atoms with Crippen molar-refractivity contribution in [2.75, 3.05) is 0 Å². The van der Waals surface area contributed by atoms with Gasteiger partial charge in [0.05, 0.1) is 6.10 Å². The van der Waals surface area contributed by atoms with Crippen molar-refractivity contribution in [3.05, 3.63) is 0 Å². The molecule has 0 saturated heterocycles. The first-order valence-electron chi connectivity index (χ1n) is 4.28. The van der Waals surface area contributed by atoms with Crippen molar-refractivity contribution < 1.29 is 5.11 Å². The lowest BCUT2D eigenvalue weighted by Gasteiger charge is -2.27. The van der Waals surface area contributed by atoms with Crippen molar-refractivity contribution in [2.24, 2.45) is 11.3 Å². The molecule has 0 radical (unpaired) electrons. The van der Waals surface area contributed by atoms with Crippen molar-refractivity contribution in [1.29, 1.82) is 0 Å². The van der Waals surface area contributed by atoms with E-state index in [-0.39, 0.29) is 11.5 Å². The molecule has 1 heteroatoms. The lowest BCUT2D eigenvalue weighted by molar-refractivity contribution is 0.0376. The Morgan fingerprint density at radius 1 is 1.60 bits per heavy atom. The third-order valence-electron chi connectivity index (χ3n) is 3.23. The Bertz CT molecular complexity index is 122. The molecule has 3 atom stereocenters. The Morgan fingerprint density at radius 2 is 2.20 bits per heavy atom. The second-order valence-electron chi connectivity index (χ2n) is 3.97. The number of hydrogen-bond donors (Lipinski definition) is 1. The summed E-state index contributed by atoms with van der Waals surface area (Å²) in [7, 11) is 0. The van der Waals surface area contributed by atoms with E-state index in [1.165, 1.54) is 12.8 Å². The molecule has 0 heterocycles. The standard InChI is InChI=1S/C9H18O/c1-4-9(3)6-5-7(2)8(9)10/h7-8,10H,4-6H2,1-3H3/t7?,8-,9?/m0/s1. The molecular weight excluding hydrogens is 124 g/mol. The Balaban J connectivity index is 2.64. The summed E-state index contributed by atoms with van der Waals surface area (Å²) in [5, 5.41) is 9.72. The van der Waals surface area contributed by atoms with Gasteiger partial charge in [0.25, 0.3) is 0 Å². The van der Waals surface area contributed by atoms with Gasteiger partial charge in [-0.15, -0.1) is 0 Å². The Kier molecular flexibility index (Phi) is 2.04. The van der Waals surface area contributed by atoms with E-state index in [0.29, 0.717) is 5.92 Å². The normalized spacial score (nSPS) is 48.0. The summed E-state index contributed by atoms with van der Waals surface area (Å²) in [4.78, 5) is 0. The quantitative estimate of drug-likeness (QED) is 0.595. The molecule has 1 nitrogen and oxygen atoms in total. The van der Waals surface area contributed by atoms with E-state index in [9.17, 15) is 5.11 Å². The number of rotatable bonds is 1. The second-order valence-corrected chi connectivity index (χ2v) is 3.97. The molecule has 0 amide bonds. The minimum atomic E-state index is -0.0579. The molecule has 0 aromatic carbocycles. The maximum absolute atomic E-state index is 9.72. The van der Waals surface area contributed by atoms with Crippen LogP contribution in [0.15, 0.2) is 0 Å². The molecule has 1 saturated carbocycles. The fourth-order valence-corrected chi connectivity index (χ4v) is 1.94. The van der Waals surface area contributed by atoms with Crippen LogP contribution in [0, 0.1) is 11.3 Å². The first kappa shape index (κ1) is 8.06. The summed E-state index contributed by atoms with van der Waals surface area (Å²) in [6.45, 7) is 6.51. The highest BCUT2D eigenvalue weighted by molar-refractivity contribution is 4.91. The average molecular weight is 142 g/mol. The molecular formula is C9H18O. The van der Waals surface area contributed by atoms with Gasteiger partial charge in [-0.25, -0.2) is 0 Å². The van der Waals surface area contributed by atoms with E-state index in [0.717, 1.165) is 6.42 Å². The molecule has 1 rings (SSSR count). The molecule has 10 heavy (non-hydrogen) atoms. The number of aliphatic hydroxyl groups excluding tert-OH is 1. The predicted molar refractivity (Wildman–Crippen MR) is 42.8 cm³/mol. The smallest absolute Gasteiger partial charge is 0.0619 e. The summed E-state index contributed by atoms with van der Waals surface area (Å²) < 4.78 is 0. The Labute approximate surface area is 63.4 Å². The van der Waals surface area contributed by atoms with Crippen molar-refractivity contribution in [3.8, 4) is 0 Å². The predicted octanol–water partition coefficient (Wildman–Crippen LogP) is 2.19. The van der Waals surface area contributed by atoms with Gasteiger partial charge in [0.1, 0.15) is 0 Å². The zero-order chi connectivity index (χ0) is 7.78. The first-order chi connectivity index (χ1) is 4.60. The molecule has 1 N–H and O–H groups in total. The molecule has 1 aliphatic rings. The van der Waals surface area contributed by atoms with Crippen LogP contribution in [-0.4, -0.2) is 11.2 Å².